The molecule has 6 heteroatoms. The lowest BCUT2D eigenvalue weighted by Gasteiger charge is -2.33. The Morgan fingerprint density at radius 3 is 2.76 bits per heavy atom. The molecule has 0 bridgehead atoms. The van der Waals surface area contributed by atoms with Crippen LogP contribution in [0.2, 0.25) is 0 Å². The van der Waals surface area contributed by atoms with Gasteiger partial charge in [-0.15, -0.1) is 10.2 Å². The lowest BCUT2D eigenvalue weighted by Crippen LogP contribution is -2.54. The van der Waals surface area contributed by atoms with E-state index < -0.39 is 5.54 Å². The lowest BCUT2D eigenvalue weighted by molar-refractivity contribution is -0.122. The van der Waals surface area contributed by atoms with Crippen LogP contribution < -0.4 is 10.6 Å². The van der Waals surface area contributed by atoms with Gasteiger partial charge in [0.15, 0.2) is 0 Å². The van der Waals surface area contributed by atoms with E-state index in [0.29, 0.717) is 5.89 Å². The first-order valence-electron chi connectivity index (χ1n) is 7.10. The molecule has 21 heavy (non-hydrogen) atoms. The Hall–Kier alpha value is -2.21. The molecule has 110 valence electrons. The number of nitrogens with zero attached hydrogens (tertiary/aromatic N) is 2. The summed E-state index contributed by atoms with van der Waals surface area (Å²) in [5, 5.41) is 13.8. The molecule has 1 aliphatic rings. The van der Waals surface area contributed by atoms with Gasteiger partial charge in [-0.25, -0.2) is 0 Å². The Bertz CT molecular complexity index is 601. The van der Waals surface area contributed by atoms with Crippen LogP contribution in [0.3, 0.4) is 0 Å². The average molecular weight is 286 g/mol. The molecule has 3 rings (SSSR count). The number of hydrogen-bond donors (Lipinski definition) is 2. The van der Waals surface area contributed by atoms with Gasteiger partial charge in [-0.2, -0.15) is 0 Å². The highest BCUT2D eigenvalue weighted by Gasteiger charge is 2.34. The van der Waals surface area contributed by atoms with Crippen molar-refractivity contribution in [2.75, 3.05) is 11.9 Å². The molecular weight excluding hydrogens is 268 g/mol. The maximum atomic E-state index is 12.4. The number of rotatable bonds is 3. The fourth-order valence-corrected chi connectivity index (χ4v) is 2.51. The van der Waals surface area contributed by atoms with Crippen LogP contribution >= 0.6 is 0 Å². The zero-order chi connectivity index (χ0) is 14.7. The number of nitrogens with one attached hydrogen (secondary N) is 2. The van der Waals surface area contributed by atoms with Gasteiger partial charge in [0.1, 0.15) is 0 Å². The molecule has 1 unspecified atom stereocenters. The van der Waals surface area contributed by atoms with Crippen molar-refractivity contribution >= 4 is 11.6 Å². The minimum Gasteiger partial charge on any atom is -0.423 e. The fourth-order valence-electron chi connectivity index (χ4n) is 2.51. The minimum atomic E-state index is -0.483. The molecule has 1 atom stereocenters. The van der Waals surface area contributed by atoms with E-state index in [1.807, 2.05) is 31.2 Å². The van der Waals surface area contributed by atoms with Gasteiger partial charge in [-0.05, 0) is 57.0 Å². The van der Waals surface area contributed by atoms with Crippen LogP contribution in [0, 0.1) is 0 Å². The Balaban J connectivity index is 1.69. The summed E-state index contributed by atoms with van der Waals surface area (Å²) in [6, 6.07) is 7.37. The predicted molar refractivity (Wildman–Crippen MR) is 78.6 cm³/mol. The Morgan fingerprint density at radius 1 is 1.33 bits per heavy atom. The van der Waals surface area contributed by atoms with Gasteiger partial charge < -0.3 is 15.1 Å². The molecule has 6 nitrogen and oxygen atoms in total. The van der Waals surface area contributed by atoms with Gasteiger partial charge in [-0.1, -0.05) is 0 Å². The molecular formula is C15H18N4O2. The molecule has 1 aliphatic heterocycles. The second-order valence-electron chi connectivity index (χ2n) is 5.49. The summed E-state index contributed by atoms with van der Waals surface area (Å²) < 4.78 is 5.13. The average Bonchev–Trinajstić information content (AvgIpc) is 3.03. The molecule has 0 aliphatic carbocycles. The predicted octanol–water partition coefficient (Wildman–Crippen LogP) is 2.21. The van der Waals surface area contributed by atoms with Crippen LogP contribution in [-0.4, -0.2) is 28.2 Å². The second kappa shape index (κ2) is 5.65. The summed E-state index contributed by atoms with van der Waals surface area (Å²) in [6.07, 6.45) is 4.36. The number of amides is 1. The highest BCUT2D eigenvalue weighted by atomic mass is 16.4. The van der Waals surface area contributed by atoms with E-state index in [0.717, 1.165) is 37.1 Å². The minimum absolute atomic E-state index is 0.00717. The molecule has 1 fully saturated rings. The van der Waals surface area contributed by atoms with Crippen molar-refractivity contribution < 1.29 is 9.21 Å². The van der Waals surface area contributed by atoms with Crippen molar-refractivity contribution in [2.24, 2.45) is 0 Å². The number of carbonyl (C=O) groups excluding carboxylic acids is 1. The molecule has 2 aromatic rings. The zero-order valence-corrected chi connectivity index (χ0v) is 11.9. The van der Waals surface area contributed by atoms with Crippen molar-refractivity contribution in [3.63, 3.8) is 0 Å². The van der Waals surface area contributed by atoms with E-state index in [9.17, 15) is 4.79 Å². The van der Waals surface area contributed by atoms with Crippen LogP contribution in [0.25, 0.3) is 11.5 Å². The number of aromatic nitrogens is 2. The van der Waals surface area contributed by atoms with Crippen molar-refractivity contribution in [2.45, 2.75) is 31.7 Å². The fraction of sp³-hybridized carbons (Fsp3) is 0.400. The van der Waals surface area contributed by atoms with Gasteiger partial charge in [0.25, 0.3) is 0 Å². The van der Waals surface area contributed by atoms with Crippen molar-refractivity contribution in [3.05, 3.63) is 30.7 Å². The Morgan fingerprint density at radius 2 is 2.14 bits per heavy atom. The van der Waals surface area contributed by atoms with Crippen LogP contribution in [0.4, 0.5) is 5.69 Å². The van der Waals surface area contributed by atoms with Crippen LogP contribution in [0.5, 0.6) is 0 Å². The molecule has 0 saturated carbocycles. The summed E-state index contributed by atoms with van der Waals surface area (Å²) in [4.78, 5) is 12.4. The first kappa shape index (κ1) is 13.8. The third-order valence-electron chi connectivity index (χ3n) is 3.87. The molecule has 1 aromatic carbocycles. The summed E-state index contributed by atoms with van der Waals surface area (Å²) >= 11 is 0. The first-order chi connectivity index (χ1) is 10.2. The van der Waals surface area contributed by atoms with E-state index in [1.165, 1.54) is 6.39 Å². The van der Waals surface area contributed by atoms with Gasteiger partial charge >= 0.3 is 0 Å². The third kappa shape index (κ3) is 2.95. The molecule has 2 N–H and O–H groups in total. The summed E-state index contributed by atoms with van der Waals surface area (Å²) in [5.41, 5.74) is 1.10. The van der Waals surface area contributed by atoms with E-state index in [2.05, 4.69) is 20.8 Å². The molecule has 0 radical (unpaired) electrons. The van der Waals surface area contributed by atoms with Crippen LogP contribution in [0.1, 0.15) is 26.2 Å². The topological polar surface area (TPSA) is 80.1 Å². The van der Waals surface area contributed by atoms with E-state index in [1.54, 1.807) is 0 Å². The number of anilines is 1. The van der Waals surface area contributed by atoms with Crippen molar-refractivity contribution in [3.8, 4) is 11.5 Å². The molecule has 1 amide bonds. The van der Waals surface area contributed by atoms with Gasteiger partial charge in [0, 0.05) is 11.3 Å². The SMILES string of the molecule is CC1(C(=O)Nc2ccc(-c3nnco3)cc2)CCCCN1. The normalized spacial score (nSPS) is 22.0. The summed E-state index contributed by atoms with van der Waals surface area (Å²) in [7, 11) is 0. The van der Waals surface area contributed by atoms with Crippen LogP contribution in [-0.2, 0) is 4.79 Å². The Labute approximate surface area is 123 Å². The van der Waals surface area contributed by atoms with Gasteiger partial charge in [-0.3, -0.25) is 4.79 Å². The van der Waals surface area contributed by atoms with E-state index in [-0.39, 0.29) is 5.91 Å². The number of piperidine rings is 1. The molecule has 1 saturated heterocycles. The largest absolute Gasteiger partial charge is 0.423 e. The molecule has 0 spiro atoms. The molecule has 2 heterocycles. The smallest absolute Gasteiger partial charge is 0.247 e. The summed E-state index contributed by atoms with van der Waals surface area (Å²) in [6.45, 7) is 2.84. The summed E-state index contributed by atoms with van der Waals surface area (Å²) in [5.74, 6) is 0.474. The Kier molecular flexibility index (Phi) is 3.70. The number of hydrogen-bond acceptors (Lipinski definition) is 5. The van der Waals surface area contributed by atoms with Crippen LogP contribution in [0.15, 0.2) is 35.1 Å². The second-order valence-corrected chi connectivity index (χ2v) is 5.49. The van der Waals surface area contributed by atoms with Gasteiger partial charge in [0.05, 0.1) is 5.54 Å². The lowest BCUT2D eigenvalue weighted by atomic mass is 9.90. The standard InChI is InChI=1S/C15H18N4O2/c1-15(8-2-3-9-16-15)14(20)18-12-6-4-11(5-7-12)13-19-17-10-21-13/h4-7,10,16H,2-3,8-9H2,1H3,(H,18,20). The van der Waals surface area contributed by atoms with E-state index >= 15 is 0 Å². The van der Waals surface area contributed by atoms with Crippen molar-refractivity contribution in [1.29, 1.82) is 0 Å². The molecule has 1 aromatic heterocycles. The maximum absolute atomic E-state index is 12.4. The maximum Gasteiger partial charge on any atom is 0.247 e. The van der Waals surface area contributed by atoms with Gasteiger partial charge in [0.2, 0.25) is 18.2 Å². The first-order valence-corrected chi connectivity index (χ1v) is 7.10. The van der Waals surface area contributed by atoms with E-state index in [4.69, 9.17) is 4.42 Å². The monoisotopic (exact) mass is 286 g/mol. The third-order valence-corrected chi connectivity index (χ3v) is 3.87. The highest BCUT2D eigenvalue weighted by Crippen LogP contribution is 2.22. The zero-order valence-electron chi connectivity index (χ0n) is 11.9. The number of carbonyl (C=O) groups is 1. The highest BCUT2D eigenvalue weighted by molar-refractivity contribution is 5.98. The number of benzene rings is 1. The quantitative estimate of drug-likeness (QED) is 0.904. The van der Waals surface area contributed by atoms with Crippen molar-refractivity contribution in [1.82, 2.24) is 15.5 Å².